The number of ether oxygens (including phenoxy) is 2. The van der Waals surface area contributed by atoms with Gasteiger partial charge in [-0.25, -0.2) is 4.39 Å². The summed E-state index contributed by atoms with van der Waals surface area (Å²) in [7, 11) is 1.78. The maximum atomic E-state index is 15.0. The summed E-state index contributed by atoms with van der Waals surface area (Å²) in [5, 5.41) is 9.76. The molecule has 1 saturated carbocycles. The molecule has 3 aliphatic rings. The predicted molar refractivity (Wildman–Crippen MR) is 160 cm³/mol. The van der Waals surface area contributed by atoms with E-state index >= 15 is 4.39 Å². The number of methoxy groups -OCH3 is 1. The Balaban J connectivity index is 1.29. The van der Waals surface area contributed by atoms with Crippen LogP contribution in [-0.2, 0) is 22.5 Å². The van der Waals surface area contributed by atoms with Crippen molar-refractivity contribution in [2.45, 2.75) is 77.0 Å². The van der Waals surface area contributed by atoms with E-state index in [0.29, 0.717) is 17.6 Å². The van der Waals surface area contributed by atoms with Crippen molar-refractivity contribution < 1.29 is 23.8 Å². The molecular weight excluding hydrogens is 531 g/mol. The number of benzene rings is 2. The number of pyridine rings is 1. The van der Waals surface area contributed by atoms with E-state index in [4.69, 9.17) is 9.47 Å². The van der Waals surface area contributed by atoms with E-state index in [1.165, 1.54) is 11.8 Å². The van der Waals surface area contributed by atoms with Crippen LogP contribution in [0.2, 0.25) is 0 Å². The molecule has 7 heteroatoms. The maximum Gasteiger partial charge on any atom is 0.306 e. The Labute approximate surface area is 247 Å². The van der Waals surface area contributed by atoms with E-state index in [9.17, 15) is 9.90 Å². The van der Waals surface area contributed by atoms with Crippen LogP contribution in [0.4, 0.5) is 4.39 Å². The van der Waals surface area contributed by atoms with Gasteiger partial charge < -0.3 is 14.6 Å². The van der Waals surface area contributed by atoms with Crippen LogP contribution in [-0.4, -0.2) is 47.3 Å². The summed E-state index contributed by atoms with van der Waals surface area (Å²) in [6.07, 6.45) is 7.37. The van der Waals surface area contributed by atoms with E-state index < -0.39 is 11.9 Å². The van der Waals surface area contributed by atoms with Crippen LogP contribution in [0, 0.1) is 24.6 Å². The van der Waals surface area contributed by atoms with Gasteiger partial charge in [-0.1, -0.05) is 37.3 Å². The lowest BCUT2D eigenvalue weighted by Gasteiger charge is -2.32. The minimum absolute atomic E-state index is 0.00336. The Morgan fingerprint density at radius 1 is 1.10 bits per heavy atom. The Bertz CT molecular complexity index is 1450. The third kappa shape index (κ3) is 6.09. The summed E-state index contributed by atoms with van der Waals surface area (Å²) >= 11 is 0. The van der Waals surface area contributed by atoms with Crippen molar-refractivity contribution in [2.75, 3.05) is 20.2 Å². The first kappa shape index (κ1) is 28.8. The summed E-state index contributed by atoms with van der Waals surface area (Å²) in [5.41, 5.74) is 6.65. The molecule has 3 heterocycles. The minimum Gasteiger partial charge on any atom is -0.485 e. The van der Waals surface area contributed by atoms with Gasteiger partial charge in [-0.2, -0.15) is 0 Å². The normalized spacial score (nSPS) is 20.9. The van der Waals surface area contributed by atoms with Crippen molar-refractivity contribution in [1.82, 2.24) is 9.88 Å². The minimum atomic E-state index is -0.747. The molecule has 222 valence electrons. The highest BCUT2D eigenvalue weighted by atomic mass is 19.1. The molecule has 2 aromatic carbocycles. The molecule has 1 aliphatic carbocycles. The number of fused-ring (bicyclic) bond motifs is 1. The largest absolute Gasteiger partial charge is 0.485 e. The lowest BCUT2D eigenvalue weighted by molar-refractivity contribution is -0.142. The van der Waals surface area contributed by atoms with Gasteiger partial charge in [0.2, 0.25) is 0 Å². The third-order valence-electron chi connectivity index (χ3n) is 9.52. The summed E-state index contributed by atoms with van der Waals surface area (Å²) in [5.74, 6) is -0.211. The van der Waals surface area contributed by atoms with Crippen LogP contribution >= 0.6 is 0 Å². The molecule has 1 aromatic heterocycles. The molecule has 1 saturated heterocycles. The van der Waals surface area contributed by atoms with Crippen molar-refractivity contribution >= 4 is 5.97 Å². The van der Waals surface area contributed by atoms with Gasteiger partial charge in [0.05, 0.1) is 18.2 Å². The number of aryl methyl sites for hydroxylation is 2. The zero-order valence-electron chi connectivity index (χ0n) is 24.8. The molecule has 42 heavy (non-hydrogen) atoms. The number of hydrogen-bond acceptors (Lipinski definition) is 5. The van der Waals surface area contributed by atoms with Crippen LogP contribution in [0.25, 0.3) is 11.1 Å². The van der Waals surface area contributed by atoms with Gasteiger partial charge in [0.25, 0.3) is 0 Å². The number of aromatic nitrogens is 1. The topological polar surface area (TPSA) is 71.9 Å². The second-order valence-corrected chi connectivity index (χ2v) is 12.4. The highest BCUT2D eigenvalue weighted by molar-refractivity contribution is 5.71. The van der Waals surface area contributed by atoms with Crippen LogP contribution in [0.3, 0.4) is 0 Å². The van der Waals surface area contributed by atoms with Gasteiger partial charge in [0.15, 0.2) is 0 Å². The molecule has 0 amide bonds. The fraction of sp³-hybridized carbons (Fsp3) is 0.486. The monoisotopic (exact) mass is 572 g/mol. The molecule has 0 bridgehead atoms. The zero-order chi connectivity index (χ0) is 29.4. The number of nitrogens with zero attached hydrogens (tertiary/aromatic N) is 2. The Morgan fingerprint density at radius 3 is 2.60 bits per heavy atom. The van der Waals surface area contributed by atoms with Gasteiger partial charge in [0.1, 0.15) is 17.7 Å². The molecule has 6 nitrogen and oxygen atoms in total. The molecule has 2 fully saturated rings. The number of carboxylic acids is 1. The van der Waals surface area contributed by atoms with E-state index in [2.05, 4.69) is 40.2 Å². The lowest BCUT2D eigenvalue weighted by atomic mass is 9.82. The molecule has 2 aliphatic heterocycles. The van der Waals surface area contributed by atoms with E-state index in [1.807, 2.05) is 26.0 Å². The molecule has 1 N–H and O–H groups in total. The van der Waals surface area contributed by atoms with Gasteiger partial charge in [-0.3, -0.25) is 14.7 Å². The number of likely N-dealkylation sites (tertiary alicyclic amines) is 1. The van der Waals surface area contributed by atoms with Crippen molar-refractivity contribution in [3.63, 3.8) is 0 Å². The number of aliphatic carboxylic acids is 1. The quantitative estimate of drug-likeness (QED) is 0.295. The SMILES string of the molecule is COC1CCN(Cc2cc(C3CCc4ccc([C@H](C5CC5)[C@H](C)C(=O)O)cc4O3)ccc2-c2cc(C)ncc2F)CC1. The second kappa shape index (κ2) is 12.1. The number of hydrogen-bond donors (Lipinski definition) is 1. The van der Waals surface area contributed by atoms with Gasteiger partial charge in [-0.05, 0) is 97.2 Å². The highest BCUT2D eigenvalue weighted by Crippen LogP contribution is 2.48. The van der Waals surface area contributed by atoms with Crippen LogP contribution in [0.1, 0.15) is 79.0 Å². The lowest BCUT2D eigenvalue weighted by Crippen LogP contribution is -2.36. The second-order valence-electron chi connectivity index (χ2n) is 12.4. The first-order chi connectivity index (χ1) is 20.3. The number of carboxylic acid groups (broad SMARTS) is 1. The molecule has 0 spiro atoms. The molecule has 3 aromatic rings. The van der Waals surface area contributed by atoms with Crippen LogP contribution < -0.4 is 4.74 Å². The van der Waals surface area contributed by atoms with Crippen LogP contribution in [0.15, 0.2) is 48.7 Å². The van der Waals surface area contributed by atoms with E-state index in [1.54, 1.807) is 7.11 Å². The first-order valence-electron chi connectivity index (χ1n) is 15.3. The molecule has 0 radical (unpaired) electrons. The average Bonchev–Trinajstić information content (AvgIpc) is 3.84. The Morgan fingerprint density at radius 2 is 1.88 bits per heavy atom. The van der Waals surface area contributed by atoms with Crippen molar-refractivity contribution in [3.8, 4) is 16.9 Å². The summed E-state index contributed by atoms with van der Waals surface area (Å²) in [6.45, 7) is 6.31. The molecule has 3 atom stereocenters. The fourth-order valence-electron chi connectivity index (χ4n) is 6.91. The predicted octanol–water partition coefficient (Wildman–Crippen LogP) is 7.09. The van der Waals surface area contributed by atoms with Gasteiger partial charge >= 0.3 is 5.97 Å². The van der Waals surface area contributed by atoms with E-state index in [-0.39, 0.29) is 17.8 Å². The average molecular weight is 573 g/mol. The number of carbonyl (C=O) groups is 1. The molecule has 6 rings (SSSR count). The van der Waals surface area contributed by atoms with Crippen molar-refractivity contribution in [1.29, 1.82) is 0 Å². The van der Waals surface area contributed by atoms with Gasteiger partial charge in [0, 0.05) is 38.0 Å². The van der Waals surface area contributed by atoms with Gasteiger partial charge in [-0.15, -0.1) is 0 Å². The van der Waals surface area contributed by atoms with Crippen molar-refractivity contribution in [3.05, 3.63) is 82.4 Å². The molecule has 1 unspecified atom stereocenters. The zero-order valence-corrected chi connectivity index (χ0v) is 24.8. The van der Waals surface area contributed by atoms with E-state index in [0.717, 1.165) is 91.9 Å². The standard InChI is InChI=1S/C35H41FN2O4/c1-21-16-30(31(36)19-37-21)29-10-8-25(17-27(29)20-38-14-12-28(41-3)13-15-38)32-11-9-23-4-7-26(18-33(23)42-32)34(24-5-6-24)22(2)35(39)40/h4,7-8,10,16-19,22,24,28,32,34H,5-6,9,11-15,20H2,1-3H3,(H,39,40)/t22-,32?,34-/m0/s1. The fourth-order valence-corrected chi connectivity index (χ4v) is 6.91. The first-order valence-corrected chi connectivity index (χ1v) is 15.3. The smallest absolute Gasteiger partial charge is 0.306 e. The summed E-state index contributed by atoms with van der Waals surface area (Å²) < 4.78 is 27.3. The van der Waals surface area contributed by atoms with Crippen LogP contribution in [0.5, 0.6) is 5.75 Å². The molecular formula is C35H41FN2O4. The Kier molecular flexibility index (Phi) is 8.33. The highest BCUT2D eigenvalue weighted by Gasteiger charge is 2.39. The maximum absolute atomic E-state index is 15.0. The number of rotatable bonds is 9. The Hall–Kier alpha value is -3.29. The van der Waals surface area contributed by atoms with Crippen molar-refractivity contribution in [2.24, 2.45) is 11.8 Å². The summed E-state index contributed by atoms with van der Waals surface area (Å²) in [6, 6.07) is 14.5. The summed E-state index contributed by atoms with van der Waals surface area (Å²) in [4.78, 5) is 18.4. The third-order valence-corrected chi connectivity index (χ3v) is 9.52. The number of piperidine rings is 1. The number of halogens is 1.